The summed E-state index contributed by atoms with van der Waals surface area (Å²) in [6, 6.07) is 8.11. The first-order valence-electron chi connectivity index (χ1n) is 5.33. The summed E-state index contributed by atoms with van der Waals surface area (Å²) in [7, 11) is 0. The summed E-state index contributed by atoms with van der Waals surface area (Å²) in [6.07, 6.45) is 0. The third kappa shape index (κ3) is 2.33. The summed E-state index contributed by atoms with van der Waals surface area (Å²) in [4.78, 5) is 11.0. The smallest absolute Gasteiger partial charge is 0.271 e. The number of hydrogen-bond donors (Lipinski definition) is 1. The van der Waals surface area contributed by atoms with Crippen molar-refractivity contribution in [3.05, 3.63) is 46.8 Å². The molecule has 0 unspecified atom stereocenters. The van der Waals surface area contributed by atoms with E-state index in [9.17, 15) is 4.79 Å². The van der Waals surface area contributed by atoms with Gasteiger partial charge >= 0.3 is 0 Å². The third-order valence-electron chi connectivity index (χ3n) is 2.63. The van der Waals surface area contributed by atoms with Crippen LogP contribution < -0.4 is 5.73 Å². The second-order valence-electron chi connectivity index (χ2n) is 4.03. The van der Waals surface area contributed by atoms with Crippen LogP contribution in [0.3, 0.4) is 0 Å². The molecule has 0 spiro atoms. The Morgan fingerprint density at radius 2 is 2.18 bits per heavy atom. The van der Waals surface area contributed by atoms with Gasteiger partial charge in [-0.15, -0.1) is 5.10 Å². The zero-order valence-electron chi connectivity index (χ0n) is 9.84. The fraction of sp³-hybridized carbons (Fsp3) is 0.250. The van der Waals surface area contributed by atoms with Gasteiger partial charge in [0.05, 0.1) is 12.2 Å². The van der Waals surface area contributed by atoms with E-state index < -0.39 is 5.91 Å². The van der Waals surface area contributed by atoms with Gasteiger partial charge in [-0.3, -0.25) is 4.79 Å². The molecule has 0 aliphatic carbocycles. The molecule has 1 amide bonds. The Balaban J connectivity index is 2.28. The molecule has 17 heavy (non-hydrogen) atoms. The minimum atomic E-state index is -0.544. The number of carbonyl (C=O) groups excluding carboxylic acids is 1. The van der Waals surface area contributed by atoms with E-state index in [4.69, 9.17) is 5.73 Å². The maximum Gasteiger partial charge on any atom is 0.271 e. The maximum absolute atomic E-state index is 11.0. The normalized spacial score (nSPS) is 10.5. The molecule has 1 aromatic heterocycles. The Hall–Kier alpha value is -2.17. The molecule has 0 fully saturated rings. The van der Waals surface area contributed by atoms with E-state index in [-0.39, 0.29) is 5.69 Å². The van der Waals surface area contributed by atoms with Gasteiger partial charge in [-0.1, -0.05) is 35.0 Å². The van der Waals surface area contributed by atoms with Gasteiger partial charge < -0.3 is 5.73 Å². The van der Waals surface area contributed by atoms with E-state index in [1.165, 1.54) is 5.56 Å². The molecule has 1 heterocycles. The van der Waals surface area contributed by atoms with Crippen molar-refractivity contribution in [3.8, 4) is 0 Å². The molecule has 88 valence electrons. The van der Waals surface area contributed by atoms with Crippen LogP contribution in [0.25, 0.3) is 0 Å². The van der Waals surface area contributed by atoms with E-state index in [1.54, 1.807) is 11.6 Å². The van der Waals surface area contributed by atoms with Crippen molar-refractivity contribution in [2.45, 2.75) is 20.4 Å². The van der Waals surface area contributed by atoms with Crippen molar-refractivity contribution in [1.82, 2.24) is 15.0 Å². The Kier molecular flexibility index (Phi) is 2.91. The molecule has 0 aliphatic heterocycles. The van der Waals surface area contributed by atoms with Crippen LogP contribution in [0.15, 0.2) is 24.3 Å². The van der Waals surface area contributed by atoms with Crippen molar-refractivity contribution in [1.29, 1.82) is 0 Å². The van der Waals surface area contributed by atoms with Crippen LogP contribution in [0.4, 0.5) is 0 Å². The highest BCUT2D eigenvalue weighted by atomic mass is 16.1. The Morgan fingerprint density at radius 3 is 2.76 bits per heavy atom. The molecule has 5 nitrogen and oxygen atoms in total. The van der Waals surface area contributed by atoms with Gasteiger partial charge in [-0.25, -0.2) is 4.68 Å². The van der Waals surface area contributed by atoms with Crippen LogP contribution in [-0.2, 0) is 6.54 Å². The third-order valence-corrected chi connectivity index (χ3v) is 2.63. The average Bonchev–Trinajstić information content (AvgIpc) is 2.61. The van der Waals surface area contributed by atoms with Crippen LogP contribution in [0.5, 0.6) is 0 Å². The highest BCUT2D eigenvalue weighted by Crippen LogP contribution is 2.09. The number of amides is 1. The minimum absolute atomic E-state index is 0.234. The average molecular weight is 230 g/mol. The zero-order valence-corrected chi connectivity index (χ0v) is 9.84. The highest BCUT2D eigenvalue weighted by molar-refractivity contribution is 5.91. The van der Waals surface area contributed by atoms with Crippen LogP contribution in [0.2, 0.25) is 0 Å². The van der Waals surface area contributed by atoms with Crippen LogP contribution in [-0.4, -0.2) is 20.9 Å². The molecule has 1 aromatic carbocycles. The molecule has 0 saturated carbocycles. The second kappa shape index (κ2) is 4.37. The SMILES string of the molecule is Cc1cccc(Cn2nnc(C(N)=O)c2C)c1. The predicted octanol–water partition coefficient (Wildman–Crippen LogP) is 1.04. The van der Waals surface area contributed by atoms with Gasteiger partial charge in [0.2, 0.25) is 0 Å². The summed E-state index contributed by atoms with van der Waals surface area (Å²) in [5.74, 6) is -0.544. The standard InChI is InChI=1S/C12H14N4O/c1-8-4-3-5-10(6-8)7-16-9(2)11(12(13)17)14-15-16/h3-6H,7H2,1-2H3,(H2,13,17). The highest BCUT2D eigenvalue weighted by Gasteiger charge is 2.13. The lowest BCUT2D eigenvalue weighted by Gasteiger charge is -2.04. The summed E-state index contributed by atoms with van der Waals surface area (Å²) in [6.45, 7) is 4.41. The number of benzene rings is 1. The van der Waals surface area contributed by atoms with Gasteiger partial charge in [-0.05, 0) is 19.4 Å². The summed E-state index contributed by atoms with van der Waals surface area (Å²) in [5, 5.41) is 7.70. The van der Waals surface area contributed by atoms with Crippen LogP contribution in [0, 0.1) is 13.8 Å². The van der Waals surface area contributed by atoms with Crippen molar-refractivity contribution < 1.29 is 4.79 Å². The first-order valence-corrected chi connectivity index (χ1v) is 5.33. The molecule has 0 bridgehead atoms. The monoisotopic (exact) mass is 230 g/mol. The fourth-order valence-electron chi connectivity index (χ4n) is 1.72. The van der Waals surface area contributed by atoms with Crippen molar-refractivity contribution in [3.63, 3.8) is 0 Å². The van der Waals surface area contributed by atoms with Gasteiger partial charge in [0, 0.05) is 0 Å². The number of nitrogens with two attached hydrogens (primary N) is 1. The largest absolute Gasteiger partial charge is 0.364 e. The van der Waals surface area contributed by atoms with Gasteiger partial charge in [-0.2, -0.15) is 0 Å². The van der Waals surface area contributed by atoms with E-state index >= 15 is 0 Å². The van der Waals surface area contributed by atoms with Crippen molar-refractivity contribution in [2.75, 3.05) is 0 Å². The minimum Gasteiger partial charge on any atom is -0.364 e. The number of nitrogens with zero attached hydrogens (tertiary/aromatic N) is 3. The van der Waals surface area contributed by atoms with Crippen molar-refractivity contribution in [2.24, 2.45) is 5.73 Å². The van der Waals surface area contributed by atoms with E-state index in [1.807, 2.05) is 25.1 Å². The number of rotatable bonds is 3. The van der Waals surface area contributed by atoms with E-state index in [0.29, 0.717) is 12.2 Å². The lowest BCUT2D eigenvalue weighted by Crippen LogP contribution is -2.13. The van der Waals surface area contributed by atoms with Gasteiger partial charge in [0.1, 0.15) is 0 Å². The number of hydrogen-bond acceptors (Lipinski definition) is 3. The first-order chi connectivity index (χ1) is 8.08. The number of aromatic nitrogens is 3. The predicted molar refractivity (Wildman–Crippen MR) is 63.6 cm³/mol. The van der Waals surface area contributed by atoms with E-state index in [0.717, 1.165) is 5.56 Å². The first kappa shape index (κ1) is 11.3. The summed E-state index contributed by atoms with van der Waals surface area (Å²) < 4.78 is 1.68. The fourth-order valence-corrected chi connectivity index (χ4v) is 1.72. The molecule has 2 N–H and O–H groups in total. The van der Waals surface area contributed by atoms with Gasteiger partial charge in [0.15, 0.2) is 5.69 Å². The molecule has 0 atom stereocenters. The maximum atomic E-state index is 11.0. The molecule has 0 aliphatic rings. The zero-order chi connectivity index (χ0) is 12.4. The topological polar surface area (TPSA) is 73.8 Å². The summed E-state index contributed by atoms with van der Waals surface area (Å²) >= 11 is 0. The molecule has 0 saturated heterocycles. The van der Waals surface area contributed by atoms with Crippen LogP contribution >= 0.6 is 0 Å². The Labute approximate surface area is 99.2 Å². The number of primary amides is 1. The lowest BCUT2D eigenvalue weighted by atomic mass is 10.1. The molecule has 2 rings (SSSR count). The van der Waals surface area contributed by atoms with Crippen LogP contribution in [0.1, 0.15) is 27.3 Å². The second-order valence-corrected chi connectivity index (χ2v) is 4.03. The summed E-state index contributed by atoms with van der Waals surface area (Å²) in [5.41, 5.74) is 8.43. The number of aryl methyl sites for hydroxylation is 1. The van der Waals surface area contributed by atoms with Crippen molar-refractivity contribution >= 4 is 5.91 Å². The molecule has 0 radical (unpaired) electrons. The van der Waals surface area contributed by atoms with Gasteiger partial charge in [0.25, 0.3) is 5.91 Å². The quantitative estimate of drug-likeness (QED) is 0.856. The Bertz CT molecular complexity index is 559. The molecule has 2 aromatic rings. The van der Waals surface area contributed by atoms with E-state index in [2.05, 4.69) is 16.4 Å². The number of carbonyl (C=O) groups is 1. The molecular formula is C12H14N4O. The molecule has 5 heteroatoms. The molecular weight excluding hydrogens is 216 g/mol. The lowest BCUT2D eigenvalue weighted by molar-refractivity contribution is 0.0995. The Morgan fingerprint density at radius 1 is 1.41 bits per heavy atom.